The zero-order valence-electron chi connectivity index (χ0n) is 15.3. The van der Waals surface area contributed by atoms with Gasteiger partial charge in [0, 0.05) is 0 Å². The van der Waals surface area contributed by atoms with Crippen molar-refractivity contribution < 1.29 is 0 Å². The van der Waals surface area contributed by atoms with Gasteiger partial charge >= 0.3 is 0 Å². The van der Waals surface area contributed by atoms with Gasteiger partial charge in [-0.2, -0.15) is 0 Å². The highest BCUT2D eigenvalue weighted by molar-refractivity contribution is 5.86. The fraction of sp³-hybridized carbons (Fsp3) is 1.00. The van der Waals surface area contributed by atoms with E-state index in [-0.39, 0.29) is 49.6 Å². The summed E-state index contributed by atoms with van der Waals surface area (Å²) in [5, 5.41) is 10.3. The summed E-state index contributed by atoms with van der Waals surface area (Å²) in [6, 6.07) is 0. The summed E-state index contributed by atoms with van der Waals surface area (Å²) < 4.78 is 0. The number of halogens is 4. The van der Waals surface area contributed by atoms with Crippen molar-refractivity contribution in [3.63, 3.8) is 0 Å². The van der Waals surface area contributed by atoms with Crippen LogP contribution in [0.5, 0.6) is 0 Å². The van der Waals surface area contributed by atoms with E-state index >= 15 is 0 Å². The molecule has 0 aliphatic carbocycles. The number of nitrogens with one attached hydrogen (secondary N) is 3. The Labute approximate surface area is 175 Å². The Kier molecular flexibility index (Phi) is 52.8. The van der Waals surface area contributed by atoms with E-state index in [0.29, 0.717) is 0 Å². The summed E-state index contributed by atoms with van der Waals surface area (Å²) in [7, 11) is 0. The van der Waals surface area contributed by atoms with E-state index in [2.05, 4.69) is 22.9 Å². The van der Waals surface area contributed by atoms with Gasteiger partial charge in [-0.05, 0) is 71.5 Å². The lowest BCUT2D eigenvalue weighted by atomic mass is 10.1. The Bertz CT molecular complexity index is 162. The summed E-state index contributed by atoms with van der Waals surface area (Å²) in [6.45, 7) is 9.77. The molecule has 0 aromatic rings. The predicted octanol–water partition coefficient (Wildman–Crippen LogP) is 3.54. The molecule has 0 amide bonds. The summed E-state index contributed by atoms with van der Waals surface area (Å²) in [6.07, 6.45) is 10.5. The molecule has 154 valence electrons. The maximum Gasteiger partial charge on any atom is -0.00368 e. The van der Waals surface area contributed by atoms with Gasteiger partial charge in [0.15, 0.2) is 0 Å². The van der Waals surface area contributed by atoms with Crippen LogP contribution in [0.1, 0.15) is 58.3 Å². The third kappa shape index (κ3) is 34.4. The largest absolute Gasteiger partial charge is 0.330 e. The maximum atomic E-state index is 5.44. The van der Waals surface area contributed by atoms with Gasteiger partial charge in [-0.25, -0.2) is 0 Å². The molecule has 0 aliphatic rings. The van der Waals surface area contributed by atoms with E-state index < -0.39 is 0 Å². The monoisotopic (exact) mass is 430 g/mol. The average molecular weight is 432 g/mol. The van der Waals surface area contributed by atoms with E-state index in [1.165, 1.54) is 51.5 Å². The Balaban J connectivity index is -0.000000301. The predicted molar refractivity (Wildman–Crippen MR) is 119 cm³/mol. The second-order valence-corrected chi connectivity index (χ2v) is 5.47. The lowest BCUT2D eigenvalue weighted by Gasteiger charge is -2.06. The molecule has 0 aromatic heterocycles. The van der Waals surface area contributed by atoms with E-state index in [4.69, 9.17) is 5.73 Å². The molecule has 0 heterocycles. The van der Waals surface area contributed by atoms with Crippen molar-refractivity contribution in [1.29, 1.82) is 0 Å². The number of nitrogens with two attached hydrogens (primary N) is 1. The molecule has 0 aliphatic heterocycles. The van der Waals surface area contributed by atoms with Crippen molar-refractivity contribution in [2.45, 2.75) is 58.3 Å². The molecule has 0 radical (unpaired) electrons. The van der Waals surface area contributed by atoms with Crippen molar-refractivity contribution in [2.75, 3.05) is 45.8 Å². The van der Waals surface area contributed by atoms with Gasteiger partial charge in [-0.3, -0.25) is 0 Å². The minimum Gasteiger partial charge on any atom is -0.330 e. The Hall–Kier alpha value is 1.00. The summed E-state index contributed by atoms with van der Waals surface area (Å²) >= 11 is 0. The quantitative estimate of drug-likeness (QED) is 0.266. The van der Waals surface area contributed by atoms with Crippen LogP contribution in [-0.2, 0) is 0 Å². The SMILES string of the molecule is CCNCCCNCCCCCCCCNCCCN.Cl.Cl.Cl.Cl. The number of rotatable bonds is 17. The summed E-state index contributed by atoms with van der Waals surface area (Å²) in [5.41, 5.74) is 5.44. The zero-order chi connectivity index (χ0) is 14.7. The molecule has 0 aromatic carbocycles. The van der Waals surface area contributed by atoms with Crippen LogP contribution in [0.2, 0.25) is 0 Å². The van der Waals surface area contributed by atoms with Gasteiger partial charge in [0.25, 0.3) is 0 Å². The van der Waals surface area contributed by atoms with Crippen LogP contribution >= 0.6 is 49.6 Å². The van der Waals surface area contributed by atoms with Gasteiger partial charge in [0.05, 0.1) is 0 Å². The zero-order valence-corrected chi connectivity index (χ0v) is 18.6. The molecular weight excluding hydrogens is 390 g/mol. The Morgan fingerprint density at radius 2 is 0.875 bits per heavy atom. The first-order valence-corrected chi connectivity index (χ1v) is 8.74. The highest BCUT2D eigenvalue weighted by Crippen LogP contribution is 2.04. The van der Waals surface area contributed by atoms with Gasteiger partial charge in [0.1, 0.15) is 0 Å². The fourth-order valence-electron chi connectivity index (χ4n) is 2.20. The third-order valence-electron chi connectivity index (χ3n) is 3.47. The molecule has 0 spiro atoms. The number of hydrogen-bond donors (Lipinski definition) is 4. The van der Waals surface area contributed by atoms with Crippen molar-refractivity contribution in [1.82, 2.24) is 16.0 Å². The average Bonchev–Trinajstić information content (AvgIpc) is 2.47. The van der Waals surface area contributed by atoms with Crippen molar-refractivity contribution in [3.8, 4) is 0 Å². The van der Waals surface area contributed by atoms with E-state index in [9.17, 15) is 0 Å². The molecule has 4 nitrogen and oxygen atoms in total. The number of hydrogen-bond acceptors (Lipinski definition) is 4. The van der Waals surface area contributed by atoms with Gasteiger partial charge in [-0.1, -0.05) is 32.6 Å². The summed E-state index contributed by atoms with van der Waals surface area (Å²) in [5.74, 6) is 0. The van der Waals surface area contributed by atoms with Crippen LogP contribution < -0.4 is 21.7 Å². The second kappa shape index (κ2) is 35.2. The lowest BCUT2D eigenvalue weighted by molar-refractivity contribution is 0.540. The highest BCUT2D eigenvalue weighted by Gasteiger charge is 1.92. The van der Waals surface area contributed by atoms with Crippen molar-refractivity contribution in [3.05, 3.63) is 0 Å². The first-order valence-electron chi connectivity index (χ1n) is 8.74. The smallest absolute Gasteiger partial charge is 0.00368 e. The van der Waals surface area contributed by atoms with Crippen molar-refractivity contribution in [2.24, 2.45) is 5.73 Å². The molecule has 0 bridgehead atoms. The van der Waals surface area contributed by atoms with E-state index in [1.54, 1.807) is 0 Å². The maximum absolute atomic E-state index is 5.44. The molecule has 0 rings (SSSR count). The second-order valence-electron chi connectivity index (χ2n) is 5.47. The standard InChI is InChI=1S/C16H38N4.4ClH/c1-2-18-15-10-16-20-13-8-6-4-3-5-7-12-19-14-9-11-17;;;;/h18-20H,2-17H2,1H3;4*1H. The normalized spacial score (nSPS) is 9.25. The molecule has 24 heavy (non-hydrogen) atoms. The van der Waals surface area contributed by atoms with E-state index in [0.717, 1.165) is 45.7 Å². The van der Waals surface area contributed by atoms with Crippen LogP contribution in [0.3, 0.4) is 0 Å². The minimum absolute atomic E-state index is 0. The topological polar surface area (TPSA) is 62.1 Å². The number of unbranched alkanes of at least 4 members (excludes halogenated alkanes) is 5. The van der Waals surface area contributed by atoms with Crippen molar-refractivity contribution >= 4 is 49.6 Å². The molecule has 8 heteroatoms. The van der Waals surface area contributed by atoms with Gasteiger partial charge < -0.3 is 21.7 Å². The van der Waals surface area contributed by atoms with Crippen LogP contribution in [-0.4, -0.2) is 45.8 Å². The van der Waals surface area contributed by atoms with Crippen LogP contribution in [0, 0.1) is 0 Å². The molecule has 5 N–H and O–H groups in total. The van der Waals surface area contributed by atoms with Gasteiger partial charge in [-0.15, -0.1) is 49.6 Å². The van der Waals surface area contributed by atoms with Crippen LogP contribution in [0.15, 0.2) is 0 Å². The molecule has 0 atom stereocenters. The fourth-order valence-corrected chi connectivity index (χ4v) is 2.20. The minimum atomic E-state index is 0. The lowest BCUT2D eigenvalue weighted by Crippen LogP contribution is -2.22. The molecule has 0 unspecified atom stereocenters. The molecule has 0 fully saturated rings. The molecule has 0 saturated heterocycles. The highest BCUT2D eigenvalue weighted by atomic mass is 35.5. The molecule has 0 saturated carbocycles. The first-order chi connectivity index (χ1) is 9.91. The third-order valence-corrected chi connectivity index (χ3v) is 3.47. The Morgan fingerprint density at radius 3 is 1.33 bits per heavy atom. The van der Waals surface area contributed by atoms with Gasteiger partial charge in [0.2, 0.25) is 0 Å². The summed E-state index contributed by atoms with van der Waals surface area (Å²) in [4.78, 5) is 0. The first kappa shape index (κ1) is 36.0. The van der Waals surface area contributed by atoms with E-state index in [1.807, 2.05) is 0 Å². The Morgan fingerprint density at radius 1 is 0.500 bits per heavy atom. The molecular formula is C16H42Cl4N4. The van der Waals surface area contributed by atoms with Crippen LogP contribution in [0.4, 0.5) is 0 Å². The van der Waals surface area contributed by atoms with Crippen LogP contribution in [0.25, 0.3) is 0 Å².